The first-order valence-corrected chi connectivity index (χ1v) is 7.63. The topological polar surface area (TPSA) is 29.9 Å². The van der Waals surface area contributed by atoms with Crippen molar-refractivity contribution in [2.45, 2.75) is 72.4 Å². The Hall–Kier alpha value is -0.830. The molecule has 19 heavy (non-hydrogen) atoms. The summed E-state index contributed by atoms with van der Waals surface area (Å²) in [6.45, 7) is 11.3. The van der Waals surface area contributed by atoms with Gasteiger partial charge in [-0.05, 0) is 44.2 Å². The molecular formula is C16H31N3. The van der Waals surface area contributed by atoms with Crippen LogP contribution in [0.4, 0.5) is 0 Å². The van der Waals surface area contributed by atoms with E-state index in [-0.39, 0.29) is 0 Å². The number of aryl methyl sites for hydroxylation is 1. The van der Waals surface area contributed by atoms with E-state index in [1.165, 1.54) is 5.69 Å². The number of aromatic nitrogens is 2. The molecule has 1 rings (SSSR count). The lowest BCUT2D eigenvalue weighted by Gasteiger charge is -2.30. The summed E-state index contributed by atoms with van der Waals surface area (Å²) in [4.78, 5) is 0. The van der Waals surface area contributed by atoms with Gasteiger partial charge in [0.15, 0.2) is 0 Å². The number of hydrogen-bond donors (Lipinski definition) is 1. The van der Waals surface area contributed by atoms with Gasteiger partial charge in [-0.1, -0.05) is 34.6 Å². The molecule has 0 spiro atoms. The third kappa shape index (κ3) is 4.64. The molecule has 0 saturated heterocycles. The zero-order valence-electron chi connectivity index (χ0n) is 13.5. The van der Waals surface area contributed by atoms with Crippen LogP contribution in [0, 0.1) is 5.41 Å². The SMILES string of the molecule is CCC(CC)n1ccc(CCC(NC)C(C)(C)C)n1. The molecule has 1 N–H and O–H groups in total. The van der Waals surface area contributed by atoms with Crippen molar-refractivity contribution in [3.63, 3.8) is 0 Å². The molecule has 1 aromatic rings. The second-order valence-electron chi connectivity index (χ2n) is 6.50. The Morgan fingerprint density at radius 3 is 2.37 bits per heavy atom. The monoisotopic (exact) mass is 265 g/mol. The summed E-state index contributed by atoms with van der Waals surface area (Å²) in [5, 5.41) is 8.16. The van der Waals surface area contributed by atoms with Crippen molar-refractivity contribution in [2.75, 3.05) is 7.05 Å². The maximum absolute atomic E-state index is 4.73. The van der Waals surface area contributed by atoms with Crippen LogP contribution in [0.5, 0.6) is 0 Å². The van der Waals surface area contributed by atoms with E-state index < -0.39 is 0 Å². The van der Waals surface area contributed by atoms with Crippen LogP contribution in [-0.4, -0.2) is 22.9 Å². The lowest BCUT2D eigenvalue weighted by atomic mass is 9.84. The van der Waals surface area contributed by atoms with Gasteiger partial charge in [0.1, 0.15) is 0 Å². The molecule has 0 amide bonds. The average molecular weight is 265 g/mol. The van der Waals surface area contributed by atoms with Crippen LogP contribution in [0.25, 0.3) is 0 Å². The Morgan fingerprint density at radius 1 is 1.26 bits per heavy atom. The Bertz CT molecular complexity index is 358. The minimum absolute atomic E-state index is 0.298. The van der Waals surface area contributed by atoms with Crippen LogP contribution in [0.1, 0.15) is 65.6 Å². The summed E-state index contributed by atoms with van der Waals surface area (Å²) >= 11 is 0. The zero-order chi connectivity index (χ0) is 14.5. The van der Waals surface area contributed by atoms with E-state index in [1.807, 2.05) is 0 Å². The maximum atomic E-state index is 4.73. The third-order valence-corrected chi connectivity index (χ3v) is 4.06. The van der Waals surface area contributed by atoms with E-state index in [9.17, 15) is 0 Å². The van der Waals surface area contributed by atoms with Gasteiger partial charge in [0.25, 0.3) is 0 Å². The first kappa shape index (κ1) is 16.2. The van der Waals surface area contributed by atoms with Crippen molar-refractivity contribution in [3.05, 3.63) is 18.0 Å². The highest BCUT2D eigenvalue weighted by Gasteiger charge is 2.22. The number of nitrogens with zero attached hydrogens (tertiary/aromatic N) is 2. The standard InChI is InChI=1S/C16H31N3/c1-7-14(8-2)19-12-11-13(18-19)9-10-15(17-6)16(3,4)5/h11-12,14-15,17H,7-10H2,1-6H3. The van der Waals surface area contributed by atoms with Crippen molar-refractivity contribution in [2.24, 2.45) is 5.41 Å². The fourth-order valence-corrected chi connectivity index (χ4v) is 2.68. The molecule has 0 fully saturated rings. The summed E-state index contributed by atoms with van der Waals surface area (Å²) in [6, 6.07) is 3.26. The molecule has 3 nitrogen and oxygen atoms in total. The lowest BCUT2D eigenvalue weighted by Crippen LogP contribution is -2.38. The predicted octanol–water partition coefficient (Wildman–Crippen LogP) is 3.81. The molecule has 0 aromatic carbocycles. The quantitative estimate of drug-likeness (QED) is 0.812. The van der Waals surface area contributed by atoms with Gasteiger partial charge in [0.2, 0.25) is 0 Å². The molecule has 0 aliphatic rings. The molecule has 0 radical (unpaired) electrons. The molecule has 0 bridgehead atoms. The molecule has 1 atom stereocenters. The van der Waals surface area contributed by atoms with Crippen molar-refractivity contribution in [1.29, 1.82) is 0 Å². The van der Waals surface area contributed by atoms with Gasteiger partial charge in [-0.3, -0.25) is 4.68 Å². The largest absolute Gasteiger partial charge is 0.316 e. The Morgan fingerprint density at radius 2 is 1.89 bits per heavy atom. The van der Waals surface area contributed by atoms with Gasteiger partial charge in [0.05, 0.1) is 11.7 Å². The zero-order valence-corrected chi connectivity index (χ0v) is 13.5. The van der Waals surface area contributed by atoms with Crippen LogP contribution in [0.2, 0.25) is 0 Å². The van der Waals surface area contributed by atoms with Gasteiger partial charge in [-0.15, -0.1) is 0 Å². The van der Waals surface area contributed by atoms with E-state index in [2.05, 4.69) is 63.9 Å². The van der Waals surface area contributed by atoms with E-state index >= 15 is 0 Å². The minimum atomic E-state index is 0.298. The number of hydrogen-bond acceptors (Lipinski definition) is 2. The first-order chi connectivity index (χ1) is 8.92. The van der Waals surface area contributed by atoms with Gasteiger partial charge >= 0.3 is 0 Å². The Balaban J connectivity index is 2.59. The van der Waals surface area contributed by atoms with E-state index in [1.54, 1.807) is 0 Å². The molecule has 1 heterocycles. The summed E-state index contributed by atoms with van der Waals surface area (Å²) in [5.41, 5.74) is 1.52. The predicted molar refractivity (Wildman–Crippen MR) is 82.5 cm³/mol. The summed E-state index contributed by atoms with van der Waals surface area (Å²) < 4.78 is 2.14. The molecule has 1 unspecified atom stereocenters. The summed E-state index contributed by atoms with van der Waals surface area (Å²) in [6.07, 6.45) is 6.63. The molecule has 0 saturated carbocycles. The molecule has 3 heteroatoms. The fraction of sp³-hybridized carbons (Fsp3) is 0.812. The molecule has 110 valence electrons. The van der Waals surface area contributed by atoms with E-state index in [4.69, 9.17) is 5.10 Å². The van der Waals surface area contributed by atoms with Crippen LogP contribution in [0.3, 0.4) is 0 Å². The van der Waals surface area contributed by atoms with Crippen molar-refractivity contribution in [1.82, 2.24) is 15.1 Å². The first-order valence-electron chi connectivity index (χ1n) is 7.63. The maximum Gasteiger partial charge on any atom is 0.0625 e. The molecule has 0 aliphatic heterocycles. The summed E-state index contributed by atoms with van der Waals surface area (Å²) in [5.74, 6) is 0. The fourth-order valence-electron chi connectivity index (χ4n) is 2.68. The smallest absolute Gasteiger partial charge is 0.0625 e. The molecule has 0 aliphatic carbocycles. The van der Waals surface area contributed by atoms with Crippen LogP contribution in [-0.2, 0) is 6.42 Å². The Labute approximate surface area is 118 Å². The van der Waals surface area contributed by atoms with Gasteiger partial charge in [0, 0.05) is 12.2 Å². The lowest BCUT2D eigenvalue weighted by molar-refractivity contribution is 0.267. The number of rotatable bonds is 7. The number of nitrogens with one attached hydrogen (secondary N) is 1. The molecular weight excluding hydrogens is 234 g/mol. The highest BCUT2D eigenvalue weighted by Crippen LogP contribution is 2.23. The Kier molecular flexibility index (Phi) is 6.05. The van der Waals surface area contributed by atoms with Crippen LogP contribution >= 0.6 is 0 Å². The highest BCUT2D eigenvalue weighted by molar-refractivity contribution is 5.01. The minimum Gasteiger partial charge on any atom is -0.316 e. The van der Waals surface area contributed by atoms with Gasteiger partial charge in [-0.25, -0.2) is 0 Å². The van der Waals surface area contributed by atoms with Crippen LogP contribution < -0.4 is 5.32 Å². The third-order valence-electron chi connectivity index (χ3n) is 4.06. The highest BCUT2D eigenvalue weighted by atomic mass is 15.3. The van der Waals surface area contributed by atoms with E-state index in [0.29, 0.717) is 17.5 Å². The van der Waals surface area contributed by atoms with Gasteiger partial charge < -0.3 is 5.32 Å². The van der Waals surface area contributed by atoms with Crippen molar-refractivity contribution in [3.8, 4) is 0 Å². The normalized spacial score (nSPS) is 14.1. The molecule has 1 aromatic heterocycles. The van der Waals surface area contributed by atoms with Crippen molar-refractivity contribution >= 4 is 0 Å². The van der Waals surface area contributed by atoms with Crippen LogP contribution in [0.15, 0.2) is 12.3 Å². The second kappa shape index (κ2) is 7.09. The summed E-state index contributed by atoms with van der Waals surface area (Å²) in [7, 11) is 2.05. The average Bonchev–Trinajstić information content (AvgIpc) is 2.78. The second-order valence-corrected chi connectivity index (χ2v) is 6.50. The van der Waals surface area contributed by atoms with E-state index in [0.717, 1.165) is 25.7 Å². The van der Waals surface area contributed by atoms with Crippen molar-refractivity contribution < 1.29 is 0 Å². The van der Waals surface area contributed by atoms with Gasteiger partial charge in [-0.2, -0.15) is 5.10 Å².